The summed E-state index contributed by atoms with van der Waals surface area (Å²) in [5, 5.41) is 7.64. The van der Waals surface area contributed by atoms with E-state index in [0.717, 1.165) is 4.47 Å². The van der Waals surface area contributed by atoms with Crippen LogP contribution in [0.25, 0.3) is 10.9 Å². The molecule has 0 spiro atoms. The van der Waals surface area contributed by atoms with Gasteiger partial charge in [-0.25, -0.2) is 4.98 Å². The molecule has 3 aromatic rings. The van der Waals surface area contributed by atoms with Gasteiger partial charge < -0.3 is 9.84 Å². The Hall–Kier alpha value is -2.13. The van der Waals surface area contributed by atoms with Crippen LogP contribution in [0.3, 0.4) is 0 Å². The van der Waals surface area contributed by atoms with Gasteiger partial charge in [0.2, 0.25) is 5.91 Å². The topological polar surface area (TPSA) is 90.0 Å². The number of nitrogens with zero attached hydrogens (tertiary/aromatic N) is 3. The number of aromatic nitrogens is 3. The number of carbonyl (C=O) groups is 1. The van der Waals surface area contributed by atoms with Crippen molar-refractivity contribution in [1.29, 1.82) is 0 Å². The molecular formula is C19H21BrN4O3S. The van der Waals surface area contributed by atoms with E-state index in [2.05, 4.69) is 45.2 Å². The smallest absolute Gasteiger partial charge is 0.262 e. The highest BCUT2D eigenvalue weighted by atomic mass is 79.9. The van der Waals surface area contributed by atoms with Gasteiger partial charge in [0.1, 0.15) is 5.76 Å². The van der Waals surface area contributed by atoms with Crippen LogP contribution in [0, 0.1) is 12.8 Å². The van der Waals surface area contributed by atoms with Gasteiger partial charge >= 0.3 is 0 Å². The summed E-state index contributed by atoms with van der Waals surface area (Å²) in [6.45, 7) is 6.44. The number of aryl methyl sites for hydroxylation is 1. The van der Waals surface area contributed by atoms with Crippen LogP contribution in [0.1, 0.15) is 26.0 Å². The molecule has 0 bridgehead atoms. The van der Waals surface area contributed by atoms with E-state index >= 15 is 0 Å². The SMILES string of the molecule is Cc1cc(NC(=O)CCSc2nc3ccc(Br)cc3c(=O)n2CC(C)C)no1. The summed E-state index contributed by atoms with van der Waals surface area (Å²) in [6.07, 6.45) is 0.270. The first kappa shape index (κ1) is 20.6. The van der Waals surface area contributed by atoms with Gasteiger partial charge in [0.15, 0.2) is 11.0 Å². The minimum absolute atomic E-state index is 0.0648. The molecule has 0 unspecified atom stereocenters. The second-order valence-corrected chi connectivity index (χ2v) is 8.81. The van der Waals surface area contributed by atoms with Crippen LogP contribution in [0.15, 0.2) is 43.2 Å². The lowest BCUT2D eigenvalue weighted by atomic mass is 10.2. The van der Waals surface area contributed by atoms with E-state index in [1.165, 1.54) is 11.8 Å². The molecule has 2 heterocycles. The molecule has 2 aromatic heterocycles. The van der Waals surface area contributed by atoms with Gasteiger partial charge in [-0.2, -0.15) is 0 Å². The number of hydrogen-bond donors (Lipinski definition) is 1. The average molecular weight is 465 g/mol. The van der Waals surface area contributed by atoms with Crippen molar-refractivity contribution in [2.75, 3.05) is 11.1 Å². The molecule has 148 valence electrons. The maximum atomic E-state index is 13.0. The summed E-state index contributed by atoms with van der Waals surface area (Å²) < 4.78 is 7.47. The number of amides is 1. The van der Waals surface area contributed by atoms with Crippen molar-refractivity contribution in [2.45, 2.75) is 38.9 Å². The first-order chi connectivity index (χ1) is 13.3. The lowest BCUT2D eigenvalue weighted by molar-refractivity contribution is -0.115. The molecule has 1 N–H and O–H groups in total. The quantitative estimate of drug-likeness (QED) is 0.415. The molecule has 0 fully saturated rings. The molecule has 1 aromatic carbocycles. The van der Waals surface area contributed by atoms with E-state index in [9.17, 15) is 9.59 Å². The monoisotopic (exact) mass is 464 g/mol. The summed E-state index contributed by atoms with van der Waals surface area (Å²) in [5.41, 5.74) is 0.586. The highest BCUT2D eigenvalue weighted by Crippen LogP contribution is 2.22. The summed E-state index contributed by atoms with van der Waals surface area (Å²) in [6, 6.07) is 7.14. The van der Waals surface area contributed by atoms with Gasteiger partial charge in [-0.05, 0) is 31.0 Å². The van der Waals surface area contributed by atoms with E-state index < -0.39 is 0 Å². The molecule has 0 saturated carbocycles. The normalized spacial score (nSPS) is 11.3. The van der Waals surface area contributed by atoms with Crippen molar-refractivity contribution in [2.24, 2.45) is 5.92 Å². The fraction of sp³-hybridized carbons (Fsp3) is 0.368. The average Bonchev–Trinajstić information content (AvgIpc) is 3.03. The van der Waals surface area contributed by atoms with E-state index in [0.29, 0.717) is 45.9 Å². The largest absolute Gasteiger partial charge is 0.360 e. The Labute approximate surface area is 175 Å². The van der Waals surface area contributed by atoms with Crippen molar-refractivity contribution < 1.29 is 9.32 Å². The highest BCUT2D eigenvalue weighted by molar-refractivity contribution is 9.10. The van der Waals surface area contributed by atoms with E-state index in [-0.39, 0.29) is 17.9 Å². The van der Waals surface area contributed by atoms with Gasteiger partial charge in [0.05, 0.1) is 10.9 Å². The molecule has 0 atom stereocenters. The number of benzene rings is 1. The summed E-state index contributed by atoms with van der Waals surface area (Å²) in [4.78, 5) is 29.7. The number of halogens is 1. The van der Waals surface area contributed by atoms with Crippen LogP contribution in [0.2, 0.25) is 0 Å². The van der Waals surface area contributed by atoms with Crippen molar-refractivity contribution >= 4 is 50.3 Å². The van der Waals surface area contributed by atoms with Gasteiger partial charge in [0.25, 0.3) is 5.56 Å². The molecule has 0 aliphatic heterocycles. The van der Waals surface area contributed by atoms with Crippen LogP contribution in [0.4, 0.5) is 5.82 Å². The Kier molecular flexibility index (Phi) is 6.56. The summed E-state index contributed by atoms with van der Waals surface area (Å²) in [5.74, 6) is 1.66. The van der Waals surface area contributed by atoms with Gasteiger partial charge in [-0.3, -0.25) is 14.2 Å². The third-order valence-electron chi connectivity index (χ3n) is 3.88. The molecule has 0 saturated heterocycles. The van der Waals surface area contributed by atoms with Gasteiger partial charge in [-0.1, -0.05) is 46.7 Å². The summed E-state index contributed by atoms with van der Waals surface area (Å²) in [7, 11) is 0. The zero-order chi connectivity index (χ0) is 20.3. The van der Waals surface area contributed by atoms with E-state index in [1.54, 1.807) is 23.6 Å². The summed E-state index contributed by atoms with van der Waals surface area (Å²) >= 11 is 4.81. The molecule has 9 heteroatoms. The minimum atomic E-state index is -0.164. The van der Waals surface area contributed by atoms with Crippen LogP contribution in [0.5, 0.6) is 0 Å². The number of thioether (sulfide) groups is 1. The Bertz CT molecular complexity index is 1060. The van der Waals surface area contributed by atoms with Crippen molar-refractivity contribution in [3.63, 3.8) is 0 Å². The van der Waals surface area contributed by atoms with Crippen LogP contribution >= 0.6 is 27.7 Å². The zero-order valence-corrected chi connectivity index (χ0v) is 18.3. The third kappa shape index (κ3) is 5.02. The maximum Gasteiger partial charge on any atom is 0.262 e. The number of hydrogen-bond acceptors (Lipinski definition) is 6. The lowest BCUT2D eigenvalue weighted by Crippen LogP contribution is -2.25. The van der Waals surface area contributed by atoms with E-state index in [1.807, 2.05) is 12.1 Å². The predicted molar refractivity (Wildman–Crippen MR) is 114 cm³/mol. The number of nitrogens with one attached hydrogen (secondary N) is 1. The van der Waals surface area contributed by atoms with Crippen molar-refractivity contribution in [3.8, 4) is 0 Å². The molecule has 0 aliphatic rings. The minimum Gasteiger partial charge on any atom is -0.360 e. The fourth-order valence-electron chi connectivity index (χ4n) is 2.67. The number of carbonyl (C=O) groups excluding carboxylic acids is 1. The number of fused-ring (bicyclic) bond motifs is 1. The molecule has 28 heavy (non-hydrogen) atoms. The van der Waals surface area contributed by atoms with E-state index in [4.69, 9.17) is 4.52 Å². The van der Waals surface area contributed by atoms with Crippen molar-refractivity contribution in [3.05, 3.63) is 44.9 Å². The molecule has 0 aliphatic carbocycles. The van der Waals surface area contributed by atoms with Gasteiger partial charge in [0, 0.05) is 29.3 Å². The standard InChI is InChI=1S/C19H21BrN4O3S/c1-11(2)10-24-18(26)14-9-13(20)4-5-15(14)21-19(24)28-7-6-17(25)22-16-8-12(3)27-23-16/h4-5,8-9,11H,6-7,10H2,1-3H3,(H,22,23,25). The first-order valence-electron chi connectivity index (χ1n) is 8.89. The Morgan fingerprint density at radius 3 is 2.82 bits per heavy atom. The zero-order valence-electron chi connectivity index (χ0n) is 15.9. The maximum absolute atomic E-state index is 13.0. The second-order valence-electron chi connectivity index (χ2n) is 6.83. The second kappa shape index (κ2) is 8.91. The molecule has 3 rings (SSSR count). The molecule has 0 radical (unpaired) electrons. The lowest BCUT2D eigenvalue weighted by Gasteiger charge is -2.15. The third-order valence-corrected chi connectivity index (χ3v) is 5.36. The Morgan fingerprint density at radius 2 is 2.14 bits per heavy atom. The first-order valence-corrected chi connectivity index (χ1v) is 10.7. The number of rotatable bonds is 7. The molecule has 1 amide bonds. The van der Waals surface area contributed by atoms with Crippen LogP contribution < -0.4 is 10.9 Å². The van der Waals surface area contributed by atoms with Crippen LogP contribution in [-0.2, 0) is 11.3 Å². The molecule has 7 nitrogen and oxygen atoms in total. The number of anilines is 1. The van der Waals surface area contributed by atoms with Gasteiger partial charge in [-0.15, -0.1) is 0 Å². The highest BCUT2D eigenvalue weighted by Gasteiger charge is 2.14. The van der Waals surface area contributed by atoms with Crippen molar-refractivity contribution in [1.82, 2.24) is 14.7 Å². The fourth-order valence-corrected chi connectivity index (χ4v) is 3.98. The van der Waals surface area contributed by atoms with Crippen LogP contribution in [-0.4, -0.2) is 26.4 Å². The molecular weight excluding hydrogens is 444 g/mol. The Morgan fingerprint density at radius 1 is 1.36 bits per heavy atom. The Balaban J connectivity index is 1.76. The predicted octanol–water partition coefficient (Wildman–Crippen LogP) is 4.23.